The van der Waals surface area contributed by atoms with Crippen LogP contribution in [0.5, 0.6) is 17.2 Å². The quantitative estimate of drug-likeness (QED) is 0.437. The molecule has 0 spiro atoms. The maximum atomic E-state index is 12.5. The summed E-state index contributed by atoms with van der Waals surface area (Å²) in [5.74, 6) is 0.885. The van der Waals surface area contributed by atoms with Crippen molar-refractivity contribution >= 4 is 21.9 Å². The van der Waals surface area contributed by atoms with E-state index in [9.17, 15) is 14.4 Å². The van der Waals surface area contributed by atoms with Gasteiger partial charge >= 0.3 is 11.7 Å². The van der Waals surface area contributed by atoms with Crippen LogP contribution in [0.25, 0.3) is 5.69 Å². The summed E-state index contributed by atoms with van der Waals surface area (Å²) in [5, 5.41) is 3.97. The number of halogens is 1. The molecule has 0 radical (unpaired) electrons. The van der Waals surface area contributed by atoms with Gasteiger partial charge in [-0.2, -0.15) is 9.78 Å². The van der Waals surface area contributed by atoms with Crippen LogP contribution >= 0.6 is 15.9 Å². The minimum absolute atomic E-state index is 0.147. The van der Waals surface area contributed by atoms with Crippen molar-refractivity contribution in [3.05, 3.63) is 72.5 Å². The van der Waals surface area contributed by atoms with Crippen molar-refractivity contribution in [2.24, 2.45) is 0 Å². The van der Waals surface area contributed by atoms with Crippen molar-refractivity contribution in [1.29, 1.82) is 0 Å². The molecule has 180 valence electrons. The second-order valence-electron chi connectivity index (χ2n) is 7.50. The third-order valence-electron chi connectivity index (χ3n) is 4.76. The number of nitrogens with zero attached hydrogens (tertiary/aromatic N) is 2. The standard InChI is InChI=1S/C23H24BrN3O7/c1-12-8-15(9-13(2)20(12)34-16-6-7-18(32-5)17(24)10-16)27-23(30)25-21(28)19(26-27)22(29)33-14(3)11-31-4/h6-10,14H,11H2,1-5H3,(H,25,28,30). The van der Waals surface area contributed by atoms with Gasteiger partial charge < -0.3 is 18.9 Å². The summed E-state index contributed by atoms with van der Waals surface area (Å²) in [6.07, 6.45) is -0.599. The molecule has 0 aliphatic rings. The van der Waals surface area contributed by atoms with Gasteiger partial charge in [0.15, 0.2) is 0 Å². The van der Waals surface area contributed by atoms with Gasteiger partial charge in [0.1, 0.15) is 23.4 Å². The normalized spacial score (nSPS) is 11.7. The number of H-pyrrole nitrogens is 1. The first-order chi connectivity index (χ1) is 16.1. The third kappa shape index (κ3) is 5.54. The smallest absolute Gasteiger partial charge is 0.364 e. The zero-order valence-corrected chi connectivity index (χ0v) is 20.9. The van der Waals surface area contributed by atoms with Crippen LogP contribution in [0.1, 0.15) is 28.5 Å². The van der Waals surface area contributed by atoms with Crippen molar-refractivity contribution < 1.29 is 23.7 Å². The van der Waals surface area contributed by atoms with Crippen LogP contribution in [0.4, 0.5) is 0 Å². The molecule has 34 heavy (non-hydrogen) atoms. The van der Waals surface area contributed by atoms with Crippen molar-refractivity contribution in [2.45, 2.75) is 26.9 Å². The van der Waals surface area contributed by atoms with Gasteiger partial charge in [-0.15, -0.1) is 0 Å². The molecule has 1 atom stereocenters. The molecular formula is C23H24BrN3O7. The van der Waals surface area contributed by atoms with Crippen molar-refractivity contribution in [1.82, 2.24) is 14.8 Å². The number of nitrogens with one attached hydrogen (secondary N) is 1. The largest absolute Gasteiger partial charge is 0.496 e. The van der Waals surface area contributed by atoms with Gasteiger partial charge in [-0.1, -0.05) is 0 Å². The topological polar surface area (TPSA) is 122 Å². The van der Waals surface area contributed by atoms with Crippen molar-refractivity contribution in [3.8, 4) is 22.9 Å². The Balaban J connectivity index is 1.96. The predicted molar refractivity (Wildman–Crippen MR) is 127 cm³/mol. The molecule has 1 unspecified atom stereocenters. The molecule has 0 amide bonds. The number of aromatic nitrogens is 3. The average Bonchev–Trinajstić information content (AvgIpc) is 2.76. The van der Waals surface area contributed by atoms with Gasteiger partial charge in [0, 0.05) is 7.11 Å². The van der Waals surface area contributed by atoms with E-state index in [4.69, 9.17) is 18.9 Å². The molecule has 11 heteroatoms. The summed E-state index contributed by atoms with van der Waals surface area (Å²) in [6.45, 7) is 5.37. The minimum Gasteiger partial charge on any atom is -0.496 e. The van der Waals surface area contributed by atoms with E-state index in [1.807, 2.05) is 13.8 Å². The Morgan fingerprint density at radius 2 is 1.82 bits per heavy atom. The summed E-state index contributed by atoms with van der Waals surface area (Å²) in [7, 11) is 3.03. The second kappa shape index (κ2) is 10.7. The molecule has 0 aliphatic heterocycles. The average molecular weight is 534 g/mol. The lowest BCUT2D eigenvalue weighted by Gasteiger charge is -2.15. The number of methoxy groups -OCH3 is 2. The lowest BCUT2D eigenvalue weighted by atomic mass is 10.1. The Morgan fingerprint density at radius 1 is 1.15 bits per heavy atom. The molecule has 1 heterocycles. The van der Waals surface area contributed by atoms with E-state index in [1.165, 1.54) is 7.11 Å². The molecule has 0 saturated heterocycles. The lowest BCUT2D eigenvalue weighted by molar-refractivity contribution is 0.0110. The molecule has 2 aromatic carbocycles. The van der Waals surface area contributed by atoms with E-state index in [-0.39, 0.29) is 6.61 Å². The SMILES string of the molecule is COCC(C)OC(=O)c1nn(-c2cc(C)c(Oc3ccc(OC)c(Br)c3)c(C)c2)c(=O)[nH]c1=O. The molecule has 0 fully saturated rings. The summed E-state index contributed by atoms with van der Waals surface area (Å²) >= 11 is 3.43. The number of aromatic amines is 1. The first-order valence-corrected chi connectivity index (χ1v) is 11.0. The summed E-state index contributed by atoms with van der Waals surface area (Å²) < 4.78 is 23.0. The number of hydrogen-bond donors (Lipinski definition) is 1. The minimum atomic E-state index is -0.960. The van der Waals surface area contributed by atoms with E-state index < -0.39 is 29.0 Å². The van der Waals surface area contributed by atoms with Gasteiger partial charge in [0.25, 0.3) is 5.56 Å². The molecule has 1 N–H and O–H groups in total. The Bertz CT molecular complexity index is 1310. The van der Waals surface area contributed by atoms with Crippen molar-refractivity contribution in [2.75, 3.05) is 20.8 Å². The highest BCUT2D eigenvalue weighted by Gasteiger charge is 2.21. The first-order valence-electron chi connectivity index (χ1n) is 10.2. The molecule has 0 bridgehead atoms. The lowest BCUT2D eigenvalue weighted by Crippen LogP contribution is -2.37. The zero-order valence-electron chi connectivity index (χ0n) is 19.3. The van der Waals surface area contributed by atoms with Crippen molar-refractivity contribution in [3.63, 3.8) is 0 Å². The number of rotatable bonds is 8. The fraction of sp³-hybridized carbons (Fsp3) is 0.304. The number of ether oxygens (including phenoxy) is 4. The zero-order chi connectivity index (χ0) is 25.0. The number of carbonyl (C=O) groups excluding carboxylic acids is 1. The van der Waals surface area contributed by atoms with E-state index in [0.29, 0.717) is 34.1 Å². The molecule has 1 aromatic heterocycles. The van der Waals surface area contributed by atoms with Crippen LogP contribution in [0.2, 0.25) is 0 Å². The van der Waals surface area contributed by atoms with Crippen LogP contribution in [-0.2, 0) is 9.47 Å². The highest BCUT2D eigenvalue weighted by atomic mass is 79.9. The highest BCUT2D eigenvalue weighted by molar-refractivity contribution is 9.10. The molecule has 10 nitrogen and oxygen atoms in total. The van der Waals surface area contributed by atoms with Gasteiger partial charge in [0.2, 0.25) is 5.69 Å². The van der Waals surface area contributed by atoms with Gasteiger partial charge in [-0.25, -0.2) is 9.59 Å². The Morgan fingerprint density at radius 3 is 2.41 bits per heavy atom. The maximum Gasteiger partial charge on any atom is 0.364 e. The molecular weight excluding hydrogens is 510 g/mol. The molecule has 0 saturated carbocycles. The highest BCUT2D eigenvalue weighted by Crippen LogP contribution is 2.34. The molecule has 0 aliphatic carbocycles. The Labute approximate surface area is 203 Å². The van der Waals surface area contributed by atoms with Crippen LogP contribution in [0.15, 0.2) is 44.4 Å². The fourth-order valence-electron chi connectivity index (χ4n) is 3.26. The van der Waals surface area contributed by atoms with Gasteiger partial charge in [0.05, 0.1) is 23.9 Å². The van der Waals surface area contributed by atoms with Gasteiger partial charge in [-0.3, -0.25) is 9.78 Å². The number of carbonyl (C=O) groups is 1. The predicted octanol–water partition coefficient (Wildman–Crippen LogP) is 3.29. The second-order valence-corrected chi connectivity index (χ2v) is 8.35. The molecule has 3 aromatic rings. The number of aryl methyl sites for hydroxylation is 2. The summed E-state index contributed by atoms with van der Waals surface area (Å²) in [4.78, 5) is 39.1. The first kappa shape index (κ1) is 25.2. The van der Waals surface area contributed by atoms with E-state index >= 15 is 0 Å². The maximum absolute atomic E-state index is 12.5. The number of esters is 1. The van der Waals surface area contributed by atoms with Crippen LogP contribution < -0.4 is 20.7 Å². The van der Waals surface area contributed by atoms with E-state index in [0.717, 1.165) is 9.15 Å². The van der Waals surface area contributed by atoms with Crippen LogP contribution in [0, 0.1) is 13.8 Å². The van der Waals surface area contributed by atoms with Crippen LogP contribution in [0.3, 0.4) is 0 Å². The Hall–Kier alpha value is -3.44. The number of benzene rings is 2. The third-order valence-corrected chi connectivity index (χ3v) is 5.38. The molecule has 3 rings (SSSR count). The monoisotopic (exact) mass is 533 g/mol. The fourth-order valence-corrected chi connectivity index (χ4v) is 3.77. The Kier molecular flexibility index (Phi) is 7.90. The van der Waals surface area contributed by atoms with E-state index in [2.05, 4.69) is 26.0 Å². The van der Waals surface area contributed by atoms with Gasteiger partial charge in [-0.05, 0) is 78.2 Å². The number of hydrogen-bond acceptors (Lipinski definition) is 8. The summed E-state index contributed by atoms with van der Waals surface area (Å²) in [5.41, 5.74) is -0.508. The van der Waals surface area contributed by atoms with Crippen LogP contribution in [-0.4, -0.2) is 47.7 Å². The van der Waals surface area contributed by atoms with E-state index in [1.54, 1.807) is 44.4 Å². The summed E-state index contributed by atoms with van der Waals surface area (Å²) in [6, 6.07) is 8.65.